The van der Waals surface area contributed by atoms with Gasteiger partial charge in [-0.1, -0.05) is 30.3 Å². The quantitative estimate of drug-likeness (QED) is 0.852. The van der Waals surface area contributed by atoms with Gasteiger partial charge in [-0.05, 0) is 18.9 Å². The SMILES string of the molecule is CC1(C(=O)NC(Cn2cncn2)c2ccccc2)CC1(Cl)Cl. The van der Waals surface area contributed by atoms with Crippen LogP contribution in [-0.4, -0.2) is 25.0 Å². The molecule has 1 fully saturated rings. The standard InChI is InChI=1S/C15H16Cl2N4O/c1-14(8-15(14,16)17)13(22)20-12(7-21-10-18-9-19-21)11-5-3-2-4-6-11/h2-6,9-10,12H,7-8H2,1H3,(H,20,22). The third-order valence-electron chi connectivity index (χ3n) is 4.10. The number of amides is 1. The van der Waals surface area contributed by atoms with E-state index in [1.165, 1.54) is 6.33 Å². The molecule has 0 saturated heterocycles. The molecule has 5 nitrogen and oxygen atoms in total. The lowest BCUT2D eigenvalue weighted by atomic mass is 10.0. The highest BCUT2D eigenvalue weighted by Crippen LogP contribution is 2.63. The summed E-state index contributed by atoms with van der Waals surface area (Å²) in [5.41, 5.74) is 0.247. The van der Waals surface area contributed by atoms with Gasteiger partial charge < -0.3 is 5.32 Å². The summed E-state index contributed by atoms with van der Waals surface area (Å²) in [6, 6.07) is 9.50. The van der Waals surface area contributed by atoms with E-state index in [1.54, 1.807) is 17.9 Å². The number of halogens is 2. The van der Waals surface area contributed by atoms with Crippen LogP contribution in [0.3, 0.4) is 0 Å². The van der Waals surface area contributed by atoms with Crippen molar-refractivity contribution in [2.45, 2.75) is 30.3 Å². The predicted octanol–water partition coefficient (Wildman–Crippen LogP) is 2.72. The Bertz CT molecular complexity index is 659. The van der Waals surface area contributed by atoms with Gasteiger partial charge in [-0.2, -0.15) is 5.10 Å². The zero-order valence-electron chi connectivity index (χ0n) is 12.0. The molecular weight excluding hydrogens is 323 g/mol. The zero-order valence-corrected chi connectivity index (χ0v) is 13.6. The number of carbonyl (C=O) groups excluding carboxylic acids is 1. The fraction of sp³-hybridized carbons (Fsp3) is 0.400. The van der Waals surface area contributed by atoms with Crippen LogP contribution in [0.2, 0.25) is 0 Å². The third kappa shape index (κ3) is 2.83. The van der Waals surface area contributed by atoms with E-state index in [0.717, 1.165) is 5.56 Å². The minimum Gasteiger partial charge on any atom is -0.347 e. The Kier molecular flexibility index (Phi) is 3.87. The molecule has 1 saturated carbocycles. The highest BCUT2D eigenvalue weighted by Gasteiger charge is 2.68. The van der Waals surface area contributed by atoms with Crippen molar-refractivity contribution < 1.29 is 4.79 Å². The molecule has 1 heterocycles. The van der Waals surface area contributed by atoms with Gasteiger partial charge in [-0.3, -0.25) is 9.48 Å². The third-order valence-corrected chi connectivity index (χ3v) is 5.20. The van der Waals surface area contributed by atoms with Gasteiger partial charge in [0, 0.05) is 0 Å². The summed E-state index contributed by atoms with van der Waals surface area (Å²) in [4.78, 5) is 16.5. The summed E-state index contributed by atoms with van der Waals surface area (Å²) in [6.07, 6.45) is 3.54. The maximum Gasteiger partial charge on any atom is 0.229 e. The maximum absolute atomic E-state index is 12.5. The van der Waals surface area contributed by atoms with Crippen molar-refractivity contribution in [3.05, 3.63) is 48.5 Å². The van der Waals surface area contributed by atoms with Crippen LogP contribution >= 0.6 is 23.2 Å². The van der Waals surface area contributed by atoms with Crippen LogP contribution in [0.4, 0.5) is 0 Å². The molecule has 1 aliphatic carbocycles. The highest BCUT2D eigenvalue weighted by molar-refractivity contribution is 6.53. The largest absolute Gasteiger partial charge is 0.347 e. The normalized spacial score (nSPS) is 23.8. The van der Waals surface area contributed by atoms with Gasteiger partial charge >= 0.3 is 0 Å². The molecule has 2 aromatic rings. The minimum absolute atomic E-state index is 0.147. The van der Waals surface area contributed by atoms with Crippen LogP contribution in [0.1, 0.15) is 24.9 Å². The average Bonchev–Trinajstić information content (AvgIpc) is 2.85. The number of nitrogens with zero attached hydrogens (tertiary/aromatic N) is 3. The van der Waals surface area contributed by atoms with E-state index in [0.29, 0.717) is 13.0 Å². The first-order valence-corrected chi connectivity index (χ1v) is 7.74. The fourth-order valence-corrected chi connectivity index (χ4v) is 3.10. The van der Waals surface area contributed by atoms with Crippen LogP contribution in [0.25, 0.3) is 0 Å². The van der Waals surface area contributed by atoms with Gasteiger partial charge in [0.2, 0.25) is 5.91 Å². The van der Waals surface area contributed by atoms with Gasteiger partial charge in [0.05, 0.1) is 18.0 Å². The molecule has 0 spiro atoms. The number of aromatic nitrogens is 3. The van der Waals surface area contributed by atoms with Gasteiger partial charge in [-0.15, -0.1) is 23.2 Å². The lowest BCUT2D eigenvalue weighted by Gasteiger charge is -2.22. The van der Waals surface area contributed by atoms with E-state index in [2.05, 4.69) is 15.4 Å². The molecule has 22 heavy (non-hydrogen) atoms. The number of carbonyl (C=O) groups is 1. The van der Waals surface area contributed by atoms with Gasteiger partial charge in [0.25, 0.3) is 0 Å². The molecule has 3 rings (SSSR count). The first kappa shape index (κ1) is 15.3. The van der Waals surface area contributed by atoms with Crippen molar-refractivity contribution in [1.29, 1.82) is 0 Å². The molecule has 1 aromatic heterocycles. The van der Waals surface area contributed by atoms with Crippen LogP contribution in [-0.2, 0) is 11.3 Å². The minimum atomic E-state index is -0.981. The van der Waals surface area contributed by atoms with E-state index in [4.69, 9.17) is 23.2 Å². The Morgan fingerprint density at radius 3 is 2.64 bits per heavy atom. The molecule has 0 bridgehead atoms. The number of benzene rings is 1. The average molecular weight is 339 g/mol. The Balaban J connectivity index is 1.79. The van der Waals surface area contributed by atoms with Crippen molar-refractivity contribution in [2.75, 3.05) is 0 Å². The first-order chi connectivity index (χ1) is 10.4. The van der Waals surface area contributed by atoms with Gasteiger partial charge in [0.1, 0.15) is 17.0 Å². The molecule has 1 amide bonds. The molecule has 0 aliphatic heterocycles. The van der Waals surface area contributed by atoms with Crippen LogP contribution in [0, 0.1) is 5.41 Å². The van der Waals surface area contributed by atoms with Crippen molar-refractivity contribution in [3.8, 4) is 0 Å². The summed E-state index contributed by atoms with van der Waals surface area (Å²) in [7, 11) is 0. The summed E-state index contributed by atoms with van der Waals surface area (Å²) < 4.78 is 0.702. The van der Waals surface area contributed by atoms with E-state index >= 15 is 0 Å². The van der Waals surface area contributed by atoms with Gasteiger partial charge in [0.15, 0.2) is 0 Å². The summed E-state index contributed by atoms with van der Waals surface area (Å²) in [6.45, 7) is 2.27. The number of rotatable bonds is 5. The van der Waals surface area contributed by atoms with Crippen molar-refractivity contribution >= 4 is 29.1 Å². The second-order valence-electron chi connectivity index (χ2n) is 5.77. The van der Waals surface area contributed by atoms with Crippen molar-refractivity contribution in [3.63, 3.8) is 0 Å². The lowest BCUT2D eigenvalue weighted by molar-refractivity contribution is -0.126. The Labute approximate surface area is 138 Å². The Morgan fingerprint density at radius 1 is 1.41 bits per heavy atom. The molecule has 0 radical (unpaired) electrons. The molecule has 1 aliphatic rings. The maximum atomic E-state index is 12.5. The molecule has 7 heteroatoms. The van der Waals surface area contributed by atoms with Crippen LogP contribution < -0.4 is 5.32 Å². The topological polar surface area (TPSA) is 59.8 Å². The first-order valence-electron chi connectivity index (χ1n) is 6.98. The van der Waals surface area contributed by atoms with Crippen LogP contribution in [0.5, 0.6) is 0 Å². The lowest BCUT2D eigenvalue weighted by Crippen LogP contribution is -2.38. The van der Waals surface area contributed by atoms with Gasteiger partial charge in [-0.25, -0.2) is 4.98 Å². The second kappa shape index (κ2) is 5.56. The fourth-order valence-electron chi connectivity index (χ4n) is 2.40. The van der Waals surface area contributed by atoms with E-state index in [1.807, 2.05) is 30.3 Å². The summed E-state index contributed by atoms with van der Waals surface area (Å²) in [5.74, 6) is -0.147. The molecule has 116 valence electrons. The highest BCUT2D eigenvalue weighted by atomic mass is 35.5. The number of nitrogens with one attached hydrogen (secondary N) is 1. The number of hydrogen-bond donors (Lipinski definition) is 1. The molecular formula is C15H16Cl2N4O. The molecule has 2 atom stereocenters. The monoisotopic (exact) mass is 338 g/mol. The number of alkyl halides is 2. The molecule has 1 aromatic carbocycles. The van der Waals surface area contributed by atoms with E-state index in [9.17, 15) is 4.79 Å². The Hall–Kier alpha value is -1.59. The Morgan fingerprint density at radius 2 is 2.09 bits per heavy atom. The summed E-state index contributed by atoms with van der Waals surface area (Å²) in [5, 5.41) is 7.13. The predicted molar refractivity (Wildman–Crippen MR) is 84.5 cm³/mol. The smallest absolute Gasteiger partial charge is 0.229 e. The molecule has 2 unspecified atom stereocenters. The van der Waals surface area contributed by atoms with Crippen molar-refractivity contribution in [1.82, 2.24) is 20.1 Å². The summed E-state index contributed by atoms with van der Waals surface area (Å²) >= 11 is 12.2. The van der Waals surface area contributed by atoms with E-state index in [-0.39, 0.29) is 11.9 Å². The second-order valence-corrected chi connectivity index (χ2v) is 7.25. The van der Waals surface area contributed by atoms with E-state index < -0.39 is 9.75 Å². The zero-order chi connectivity index (χ0) is 15.8. The van der Waals surface area contributed by atoms with Crippen LogP contribution in [0.15, 0.2) is 43.0 Å². The number of hydrogen-bond acceptors (Lipinski definition) is 3. The van der Waals surface area contributed by atoms with Crippen molar-refractivity contribution in [2.24, 2.45) is 5.41 Å². The molecule has 1 N–H and O–H groups in total.